The molecule has 0 fully saturated rings. The average Bonchev–Trinajstić information content (AvgIpc) is 1.81. The summed E-state index contributed by atoms with van der Waals surface area (Å²) in [5, 5.41) is 51.6. The molecule has 0 aromatic rings. The second kappa shape index (κ2) is 29.2. The average molecular weight is 379 g/mol. The third kappa shape index (κ3) is 983. The number of rotatable bonds is 0. The number of hydrogen-bond acceptors (Lipinski definition) is 10. The molecule has 0 heterocycles. The second-order valence-corrected chi connectivity index (χ2v) is 0.894. The van der Waals surface area contributed by atoms with E-state index in [2.05, 4.69) is 0 Å². The van der Waals surface area contributed by atoms with Crippen LogP contribution >= 0.6 is 0 Å². The molecule has 0 unspecified atom stereocenters. The molecular weight excluding hydrogens is 376 g/mol. The minimum atomic E-state index is -1.75. The van der Waals surface area contributed by atoms with Gasteiger partial charge in [-0.2, -0.15) is 5.26 Å². The van der Waals surface area contributed by atoms with Crippen LogP contribution in [0.4, 0.5) is 0 Å². The molecule has 0 saturated carbocycles. The first-order chi connectivity index (χ1) is 6.61. The Kier molecular flexibility index (Phi) is 53.5. The summed E-state index contributed by atoms with van der Waals surface area (Å²) in [6, 6.07) is 1.75. The molecule has 0 aliphatic rings. The molecule has 92 valence electrons. The van der Waals surface area contributed by atoms with Crippen molar-refractivity contribution in [3.05, 3.63) is 46.0 Å². The molecule has 16 heavy (non-hydrogen) atoms. The van der Waals surface area contributed by atoms with E-state index >= 15 is 0 Å². The third-order valence-electron chi connectivity index (χ3n) is 0. The summed E-state index contributed by atoms with van der Waals surface area (Å²) in [6.45, 7) is 1.43. The van der Waals surface area contributed by atoms with Gasteiger partial charge >= 0.3 is 49.4 Å². The quantitative estimate of drug-likeness (QED) is 0.398. The van der Waals surface area contributed by atoms with Gasteiger partial charge in [0.05, 0.1) is 21.3 Å². The van der Waals surface area contributed by atoms with Gasteiger partial charge < -0.3 is 46.0 Å². The molecule has 0 rings (SSSR count). The molecule has 14 heteroatoms. The summed E-state index contributed by atoms with van der Waals surface area (Å²) in [5.41, 5.74) is 0. The number of nitrogens with zero attached hydrogens (tertiary/aromatic N) is 4. The van der Waals surface area contributed by atoms with Gasteiger partial charge in [0.15, 0.2) is 0 Å². The van der Waals surface area contributed by atoms with Gasteiger partial charge in [0.2, 0.25) is 0 Å². The smallest absolute Gasteiger partial charge is 0.356 e. The standard InChI is InChI=1S/C2H3N.Eu.3NO3/c1-2-3;;3*2-1(3)4/h1H3;;;;/q;+3;3*-1. The number of hydrogen-bond donors (Lipinski definition) is 0. The Morgan fingerprint density at radius 1 is 0.812 bits per heavy atom. The first kappa shape index (κ1) is 29.3. The van der Waals surface area contributed by atoms with E-state index in [1.54, 1.807) is 6.07 Å². The summed E-state index contributed by atoms with van der Waals surface area (Å²) < 4.78 is 0. The normalized spacial score (nSPS) is 5.00. The Labute approximate surface area is 128 Å². The molecule has 0 N–H and O–H groups in total. The van der Waals surface area contributed by atoms with Crippen molar-refractivity contribution in [3.8, 4) is 6.07 Å². The predicted molar refractivity (Wildman–Crippen MR) is 42.4 cm³/mol. The molecule has 0 spiro atoms. The van der Waals surface area contributed by atoms with Crippen molar-refractivity contribution in [3.63, 3.8) is 0 Å². The van der Waals surface area contributed by atoms with Crippen molar-refractivity contribution >= 4 is 0 Å². The van der Waals surface area contributed by atoms with Crippen LogP contribution < -0.4 is 0 Å². The largest absolute Gasteiger partial charge is 3.00 e. The van der Waals surface area contributed by atoms with Gasteiger partial charge in [0.1, 0.15) is 0 Å². The van der Waals surface area contributed by atoms with Crippen molar-refractivity contribution in [1.29, 1.82) is 5.26 Å². The molecule has 0 aliphatic carbocycles. The topological polar surface area (TPSA) is 222 Å². The van der Waals surface area contributed by atoms with Crippen LogP contribution in [-0.4, -0.2) is 15.3 Å². The zero-order valence-corrected chi connectivity index (χ0v) is 9.77. The van der Waals surface area contributed by atoms with E-state index in [0.717, 1.165) is 0 Å². The van der Waals surface area contributed by atoms with E-state index in [-0.39, 0.29) is 49.4 Å². The SMILES string of the molecule is CC#N.O=[N+]([O-])[O-].O=[N+]([O-])[O-].O=[N+]([O-])[O-].[Eu+3]. The molecule has 0 aromatic heterocycles. The third-order valence-corrected chi connectivity index (χ3v) is 0. The van der Waals surface area contributed by atoms with Gasteiger partial charge in [-0.1, -0.05) is 0 Å². The molecule has 13 nitrogen and oxygen atoms in total. The van der Waals surface area contributed by atoms with Crippen LogP contribution in [0.15, 0.2) is 0 Å². The summed E-state index contributed by atoms with van der Waals surface area (Å²) in [4.78, 5) is 24.8. The zero-order chi connectivity index (χ0) is 13.4. The van der Waals surface area contributed by atoms with E-state index in [1.807, 2.05) is 0 Å². The first-order valence-corrected chi connectivity index (χ1v) is 2.37. The fourth-order valence-corrected chi connectivity index (χ4v) is 0. The molecule has 0 bridgehead atoms. The van der Waals surface area contributed by atoms with Crippen LogP contribution in [0.5, 0.6) is 0 Å². The maximum Gasteiger partial charge on any atom is 3.00 e. The van der Waals surface area contributed by atoms with E-state index in [9.17, 15) is 0 Å². The Balaban J connectivity index is -0.0000000331. The monoisotopic (exact) mass is 380 g/mol. The van der Waals surface area contributed by atoms with E-state index in [1.165, 1.54) is 6.92 Å². The Hall–Kier alpha value is -1.33. The van der Waals surface area contributed by atoms with E-state index < -0.39 is 15.3 Å². The van der Waals surface area contributed by atoms with Crippen molar-refractivity contribution in [2.24, 2.45) is 0 Å². The zero-order valence-electron chi connectivity index (χ0n) is 7.34. The van der Waals surface area contributed by atoms with E-state index in [0.29, 0.717) is 0 Å². The fourth-order valence-electron chi connectivity index (χ4n) is 0. The molecule has 0 aliphatic heterocycles. The van der Waals surface area contributed by atoms with Crippen LogP contribution in [0.25, 0.3) is 0 Å². The van der Waals surface area contributed by atoms with Gasteiger partial charge in [-0.25, -0.2) is 0 Å². The van der Waals surface area contributed by atoms with Gasteiger partial charge in [0.25, 0.3) is 0 Å². The maximum absolute atomic E-state index is 8.25. The molecule has 0 atom stereocenters. The van der Waals surface area contributed by atoms with Crippen molar-refractivity contribution in [1.82, 2.24) is 0 Å². The molecule has 0 saturated heterocycles. The van der Waals surface area contributed by atoms with Crippen LogP contribution in [0.3, 0.4) is 0 Å². The Morgan fingerprint density at radius 2 is 0.812 bits per heavy atom. The predicted octanol–water partition coefficient (Wildman–Crippen LogP) is -0.187. The Bertz CT molecular complexity index is 184. The van der Waals surface area contributed by atoms with Gasteiger partial charge in [-0.15, -0.1) is 0 Å². The van der Waals surface area contributed by atoms with Gasteiger partial charge in [0, 0.05) is 6.92 Å². The Morgan fingerprint density at radius 3 is 0.812 bits per heavy atom. The van der Waals surface area contributed by atoms with Crippen molar-refractivity contribution in [2.45, 2.75) is 6.92 Å². The maximum atomic E-state index is 8.25. The summed E-state index contributed by atoms with van der Waals surface area (Å²) in [6.07, 6.45) is 0. The van der Waals surface area contributed by atoms with Gasteiger partial charge in [-0.3, -0.25) is 0 Å². The summed E-state index contributed by atoms with van der Waals surface area (Å²) in [5.74, 6) is 0. The van der Waals surface area contributed by atoms with Crippen LogP contribution in [0, 0.1) is 107 Å². The van der Waals surface area contributed by atoms with Crippen molar-refractivity contribution in [2.75, 3.05) is 0 Å². The fraction of sp³-hybridized carbons (Fsp3) is 0.500. The van der Waals surface area contributed by atoms with Crippen LogP contribution in [-0.2, 0) is 0 Å². The van der Waals surface area contributed by atoms with Crippen molar-refractivity contribution < 1.29 is 64.6 Å². The minimum absolute atomic E-state index is 0. The number of nitriles is 1. The van der Waals surface area contributed by atoms with Gasteiger partial charge in [-0.05, 0) is 0 Å². The molecule has 0 amide bonds. The van der Waals surface area contributed by atoms with Crippen LogP contribution in [0.2, 0.25) is 0 Å². The molecule has 0 aromatic carbocycles. The minimum Gasteiger partial charge on any atom is -0.356 e. The second-order valence-electron chi connectivity index (χ2n) is 0.894. The first-order valence-electron chi connectivity index (χ1n) is 2.37. The molecular formula is C2H3EuN4O9. The summed E-state index contributed by atoms with van der Waals surface area (Å²) >= 11 is 0. The molecule has 0 radical (unpaired) electrons. The van der Waals surface area contributed by atoms with Crippen LogP contribution in [0.1, 0.15) is 6.92 Å². The van der Waals surface area contributed by atoms with E-state index in [4.69, 9.17) is 51.2 Å². The summed E-state index contributed by atoms with van der Waals surface area (Å²) in [7, 11) is 0.